The van der Waals surface area contributed by atoms with E-state index in [-0.39, 0.29) is 0 Å². The van der Waals surface area contributed by atoms with Gasteiger partial charge in [-0.1, -0.05) is 31.5 Å². The average molecular weight is 257 g/mol. The minimum absolute atomic E-state index is 0.328. The molecule has 0 saturated heterocycles. The van der Waals surface area contributed by atoms with Crippen LogP contribution in [0.4, 0.5) is 0 Å². The normalized spacial score (nSPS) is 10.4. The van der Waals surface area contributed by atoms with E-state index in [0.717, 1.165) is 0 Å². The number of benzene rings is 1. The van der Waals surface area contributed by atoms with E-state index >= 15 is 0 Å². The third-order valence-corrected chi connectivity index (χ3v) is 2.32. The molecule has 0 unspecified atom stereocenters. The summed E-state index contributed by atoms with van der Waals surface area (Å²) in [4.78, 5) is 11.7. The number of esters is 1. The molecular formula is C13H17ClO3. The summed E-state index contributed by atoms with van der Waals surface area (Å²) in [5.74, 6) is 0.358. The van der Waals surface area contributed by atoms with Crippen LogP contribution in [0.1, 0.15) is 31.1 Å². The summed E-state index contributed by atoms with van der Waals surface area (Å²) >= 11 is 6.02. The Hall–Kier alpha value is -1.22. The van der Waals surface area contributed by atoms with Crippen molar-refractivity contribution in [3.63, 3.8) is 0 Å². The molecule has 0 saturated carbocycles. The van der Waals surface area contributed by atoms with Crippen molar-refractivity contribution in [3.05, 3.63) is 28.8 Å². The van der Waals surface area contributed by atoms with E-state index in [1.165, 1.54) is 0 Å². The van der Waals surface area contributed by atoms with Crippen molar-refractivity contribution in [1.29, 1.82) is 0 Å². The molecule has 94 valence electrons. The lowest BCUT2D eigenvalue weighted by molar-refractivity contribution is 0.0521. The van der Waals surface area contributed by atoms with Gasteiger partial charge in [0.05, 0.1) is 18.2 Å². The smallest absolute Gasteiger partial charge is 0.341 e. The Morgan fingerprint density at radius 3 is 2.71 bits per heavy atom. The molecule has 0 aliphatic heterocycles. The van der Waals surface area contributed by atoms with Crippen molar-refractivity contribution >= 4 is 17.6 Å². The molecule has 0 N–H and O–H groups in total. The van der Waals surface area contributed by atoms with E-state index < -0.39 is 5.97 Å². The minimum Gasteiger partial charge on any atom is -0.491 e. The highest BCUT2D eigenvalue weighted by Gasteiger charge is 2.16. The number of hydrogen-bond donors (Lipinski definition) is 0. The first-order chi connectivity index (χ1) is 8.06. The largest absolute Gasteiger partial charge is 0.491 e. The van der Waals surface area contributed by atoms with Gasteiger partial charge in [-0.2, -0.15) is 0 Å². The van der Waals surface area contributed by atoms with Crippen molar-refractivity contribution in [1.82, 2.24) is 0 Å². The quantitative estimate of drug-likeness (QED) is 0.756. The Kier molecular flexibility index (Phi) is 5.29. The second kappa shape index (κ2) is 6.50. The SMILES string of the molecule is CCOC(=O)c1cccc(Cl)c1OCC(C)C. The average Bonchev–Trinajstić information content (AvgIpc) is 2.27. The topological polar surface area (TPSA) is 35.5 Å². The van der Waals surface area contributed by atoms with Gasteiger partial charge in [0.25, 0.3) is 0 Å². The summed E-state index contributed by atoms with van der Waals surface area (Å²) in [6.07, 6.45) is 0. The Morgan fingerprint density at radius 1 is 1.41 bits per heavy atom. The zero-order valence-electron chi connectivity index (χ0n) is 10.3. The van der Waals surface area contributed by atoms with Crippen LogP contribution in [0.25, 0.3) is 0 Å². The van der Waals surface area contributed by atoms with Crippen molar-refractivity contribution in [2.45, 2.75) is 20.8 Å². The van der Waals surface area contributed by atoms with Gasteiger partial charge in [0.1, 0.15) is 5.56 Å². The first-order valence-corrected chi connectivity index (χ1v) is 6.02. The lowest BCUT2D eigenvalue weighted by Crippen LogP contribution is -2.11. The first kappa shape index (κ1) is 13.8. The van der Waals surface area contributed by atoms with Gasteiger partial charge in [0.15, 0.2) is 5.75 Å². The van der Waals surface area contributed by atoms with Crippen molar-refractivity contribution in [2.75, 3.05) is 13.2 Å². The number of carbonyl (C=O) groups excluding carboxylic acids is 1. The summed E-state index contributed by atoms with van der Waals surface area (Å²) in [6, 6.07) is 5.05. The van der Waals surface area contributed by atoms with E-state index in [1.54, 1.807) is 25.1 Å². The Labute approximate surface area is 107 Å². The Bertz CT molecular complexity index is 388. The summed E-state index contributed by atoms with van der Waals surface area (Å²) in [5.41, 5.74) is 0.375. The predicted octanol–water partition coefficient (Wildman–Crippen LogP) is 3.55. The lowest BCUT2D eigenvalue weighted by atomic mass is 10.2. The second-order valence-electron chi connectivity index (χ2n) is 4.04. The molecule has 0 amide bonds. The molecule has 1 aromatic carbocycles. The van der Waals surface area contributed by atoms with Crippen LogP contribution in [-0.4, -0.2) is 19.2 Å². The van der Waals surface area contributed by atoms with Gasteiger partial charge in [-0.05, 0) is 25.0 Å². The molecule has 0 spiro atoms. The molecule has 0 bridgehead atoms. The molecule has 3 nitrogen and oxygen atoms in total. The highest BCUT2D eigenvalue weighted by Crippen LogP contribution is 2.29. The van der Waals surface area contributed by atoms with Crippen LogP contribution in [0, 0.1) is 5.92 Å². The van der Waals surface area contributed by atoms with E-state index in [0.29, 0.717) is 35.5 Å². The molecule has 0 aliphatic rings. The van der Waals surface area contributed by atoms with E-state index in [1.807, 2.05) is 13.8 Å². The minimum atomic E-state index is -0.409. The van der Waals surface area contributed by atoms with Crippen LogP contribution in [0.2, 0.25) is 5.02 Å². The van der Waals surface area contributed by atoms with Crippen molar-refractivity contribution in [3.8, 4) is 5.75 Å². The molecule has 1 aromatic rings. The van der Waals surface area contributed by atoms with Gasteiger partial charge >= 0.3 is 5.97 Å². The predicted molar refractivity (Wildman–Crippen MR) is 67.7 cm³/mol. The number of para-hydroxylation sites is 1. The summed E-state index contributed by atoms with van der Waals surface area (Å²) < 4.78 is 10.5. The van der Waals surface area contributed by atoms with Crippen molar-refractivity contribution in [2.24, 2.45) is 5.92 Å². The number of ether oxygens (including phenoxy) is 2. The van der Waals surface area contributed by atoms with Gasteiger partial charge in [-0.3, -0.25) is 0 Å². The van der Waals surface area contributed by atoms with E-state index in [2.05, 4.69) is 0 Å². The summed E-state index contributed by atoms with van der Waals surface area (Å²) in [5, 5.41) is 0.427. The maximum absolute atomic E-state index is 11.7. The van der Waals surface area contributed by atoms with Gasteiger partial charge < -0.3 is 9.47 Å². The molecule has 17 heavy (non-hydrogen) atoms. The van der Waals surface area contributed by atoms with Gasteiger partial charge in [-0.25, -0.2) is 4.79 Å². The molecule has 0 fully saturated rings. The van der Waals surface area contributed by atoms with Crippen LogP contribution in [0.5, 0.6) is 5.75 Å². The van der Waals surface area contributed by atoms with Crippen LogP contribution >= 0.6 is 11.6 Å². The Balaban J connectivity index is 2.95. The highest BCUT2D eigenvalue weighted by molar-refractivity contribution is 6.32. The standard InChI is InChI=1S/C13H17ClO3/c1-4-16-13(15)10-6-5-7-11(14)12(10)17-8-9(2)3/h5-7,9H,4,8H2,1-3H3. The fraction of sp³-hybridized carbons (Fsp3) is 0.462. The van der Waals surface area contributed by atoms with Crippen LogP contribution in [-0.2, 0) is 4.74 Å². The molecule has 1 rings (SSSR count). The molecule has 0 atom stereocenters. The van der Waals surface area contributed by atoms with Crippen LogP contribution in [0.3, 0.4) is 0 Å². The molecule has 0 aliphatic carbocycles. The second-order valence-corrected chi connectivity index (χ2v) is 4.45. The summed E-state index contributed by atoms with van der Waals surface area (Å²) in [7, 11) is 0. The van der Waals surface area contributed by atoms with Gasteiger partial charge in [0, 0.05) is 0 Å². The van der Waals surface area contributed by atoms with Crippen LogP contribution in [0.15, 0.2) is 18.2 Å². The summed E-state index contributed by atoms with van der Waals surface area (Å²) in [6.45, 7) is 6.66. The number of hydrogen-bond acceptors (Lipinski definition) is 3. The Morgan fingerprint density at radius 2 is 2.12 bits per heavy atom. The fourth-order valence-electron chi connectivity index (χ4n) is 1.28. The number of halogens is 1. The molecular weight excluding hydrogens is 240 g/mol. The van der Waals surface area contributed by atoms with Crippen LogP contribution < -0.4 is 4.74 Å². The van der Waals surface area contributed by atoms with Gasteiger partial charge in [-0.15, -0.1) is 0 Å². The lowest BCUT2D eigenvalue weighted by Gasteiger charge is -2.13. The maximum Gasteiger partial charge on any atom is 0.341 e. The zero-order chi connectivity index (χ0) is 12.8. The monoisotopic (exact) mass is 256 g/mol. The van der Waals surface area contributed by atoms with E-state index in [9.17, 15) is 4.79 Å². The zero-order valence-corrected chi connectivity index (χ0v) is 11.1. The molecule has 0 heterocycles. The molecule has 4 heteroatoms. The third kappa shape index (κ3) is 3.93. The highest BCUT2D eigenvalue weighted by atomic mass is 35.5. The maximum atomic E-state index is 11.7. The first-order valence-electron chi connectivity index (χ1n) is 5.64. The third-order valence-electron chi connectivity index (χ3n) is 2.02. The van der Waals surface area contributed by atoms with Crippen molar-refractivity contribution < 1.29 is 14.3 Å². The number of rotatable bonds is 5. The molecule has 0 aromatic heterocycles. The van der Waals surface area contributed by atoms with Gasteiger partial charge in [0.2, 0.25) is 0 Å². The van der Waals surface area contributed by atoms with E-state index in [4.69, 9.17) is 21.1 Å². The molecule has 0 radical (unpaired) electrons. The number of carbonyl (C=O) groups is 1. The fourth-order valence-corrected chi connectivity index (χ4v) is 1.50.